The van der Waals surface area contributed by atoms with Gasteiger partial charge < -0.3 is 5.32 Å². The molecule has 2 rings (SSSR count). The maximum atomic E-state index is 3.81. The smallest absolute Gasteiger partial charge is 0.0132 e. The van der Waals surface area contributed by atoms with Gasteiger partial charge in [-0.25, -0.2) is 0 Å². The highest BCUT2D eigenvalue weighted by Crippen LogP contribution is 2.43. The lowest BCUT2D eigenvalue weighted by Crippen LogP contribution is -2.58. The topological polar surface area (TPSA) is 12.0 Å². The van der Waals surface area contributed by atoms with Crippen LogP contribution in [0.2, 0.25) is 0 Å². The normalized spacial score (nSPS) is 36.5. The zero-order chi connectivity index (χ0) is 13.4. The Labute approximate surface area is 122 Å². The van der Waals surface area contributed by atoms with Crippen molar-refractivity contribution in [2.24, 2.45) is 17.8 Å². The maximum Gasteiger partial charge on any atom is 0.0132 e. The molecule has 0 unspecified atom stereocenters. The van der Waals surface area contributed by atoms with Crippen LogP contribution in [0.1, 0.15) is 66.2 Å². The van der Waals surface area contributed by atoms with Gasteiger partial charge in [0.05, 0.1) is 0 Å². The molecule has 1 saturated carbocycles. The molecule has 1 aliphatic carbocycles. The van der Waals surface area contributed by atoms with Crippen LogP contribution in [-0.4, -0.2) is 16.4 Å². The fourth-order valence-corrected chi connectivity index (χ4v) is 5.20. The molecule has 0 aromatic rings. The molecule has 0 amide bonds. The summed E-state index contributed by atoms with van der Waals surface area (Å²) in [5.41, 5.74) is 0.636. The Kier molecular flexibility index (Phi) is 4.48. The lowest BCUT2D eigenvalue weighted by Gasteiger charge is -2.49. The van der Waals surface area contributed by atoms with Crippen molar-refractivity contribution in [3.8, 4) is 0 Å². The van der Waals surface area contributed by atoms with Gasteiger partial charge >= 0.3 is 0 Å². The summed E-state index contributed by atoms with van der Waals surface area (Å²) in [6.07, 6.45) is 8.54. The molecule has 1 saturated heterocycles. The Morgan fingerprint density at radius 2 is 1.39 bits per heavy atom. The van der Waals surface area contributed by atoms with Crippen molar-refractivity contribution in [3.05, 3.63) is 0 Å². The highest BCUT2D eigenvalue weighted by atomic mass is 79.9. The lowest BCUT2D eigenvalue weighted by molar-refractivity contribution is 0.0723. The van der Waals surface area contributed by atoms with Gasteiger partial charge in [-0.1, -0.05) is 15.9 Å². The third-order valence-corrected chi connectivity index (χ3v) is 5.91. The number of alkyl halides is 1. The van der Waals surface area contributed by atoms with E-state index in [0.717, 1.165) is 17.8 Å². The molecule has 0 radical (unpaired) electrons. The molecule has 2 fully saturated rings. The van der Waals surface area contributed by atoms with Crippen LogP contribution in [-0.2, 0) is 0 Å². The second-order valence-corrected chi connectivity index (χ2v) is 8.64. The SMILES string of the molecule is CC1(C)CC(C2CCC(CBr)CC2)CC(C)(C)N1. The first-order chi connectivity index (χ1) is 8.31. The Bertz CT molecular complexity index is 261. The summed E-state index contributed by atoms with van der Waals surface area (Å²) in [6, 6.07) is 0. The molecule has 0 bridgehead atoms. The largest absolute Gasteiger partial charge is 0.307 e. The summed E-state index contributed by atoms with van der Waals surface area (Å²) in [5, 5.41) is 5.02. The van der Waals surface area contributed by atoms with E-state index in [9.17, 15) is 0 Å². The van der Waals surface area contributed by atoms with Gasteiger partial charge in [-0.05, 0) is 84.0 Å². The third kappa shape index (κ3) is 3.72. The molecule has 1 N–H and O–H groups in total. The van der Waals surface area contributed by atoms with Gasteiger partial charge in [0, 0.05) is 16.4 Å². The van der Waals surface area contributed by atoms with Crippen LogP contribution < -0.4 is 5.32 Å². The van der Waals surface area contributed by atoms with Crippen molar-refractivity contribution in [1.82, 2.24) is 5.32 Å². The zero-order valence-electron chi connectivity index (χ0n) is 12.6. The van der Waals surface area contributed by atoms with Gasteiger partial charge in [0.25, 0.3) is 0 Å². The van der Waals surface area contributed by atoms with Crippen molar-refractivity contribution in [1.29, 1.82) is 0 Å². The first-order valence-corrected chi connectivity index (χ1v) is 8.79. The average molecular weight is 316 g/mol. The third-order valence-electron chi connectivity index (χ3n) is 5.00. The van der Waals surface area contributed by atoms with Gasteiger partial charge in [0.1, 0.15) is 0 Å². The zero-order valence-corrected chi connectivity index (χ0v) is 14.1. The minimum atomic E-state index is 0.318. The number of piperidine rings is 1. The lowest BCUT2D eigenvalue weighted by atomic mass is 9.66. The van der Waals surface area contributed by atoms with Crippen molar-refractivity contribution in [2.45, 2.75) is 77.3 Å². The molecular formula is C16H30BrN. The monoisotopic (exact) mass is 315 g/mol. The van der Waals surface area contributed by atoms with E-state index < -0.39 is 0 Å². The molecule has 1 aliphatic heterocycles. The number of rotatable bonds is 2. The van der Waals surface area contributed by atoms with Crippen LogP contribution in [0.15, 0.2) is 0 Å². The second kappa shape index (κ2) is 5.44. The predicted molar refractivity (Wildman–Crippen MR) is 83.3 cm³/mol. The summed E-state index contributed by atoms with van der Waals surface area (Å²) in [7, 11) is 0. The van der Waals surface area contributed by atoms with Crippen LogP contribution in [0, 0.1) is 17.8 Å². The molecule has 106 valence electrons. The van der Waals surface area contributed by atoms with E-state index in [4.69, 9.17) is 0 Å². The minimum Gasteiger partial charge on any atom is -0.307 e. The van der Waals surface area contributed by atoms with Crippen LogP contribution in [0.5, 0.6) is 0 Å². The van der Waals surface area contributed by atoms with Crippen LogP contribution in [0.4, 0.5) is 0 Å². The van der Waals surface area contributed by atoms with Gasteiger partial charge in [-0.3, -0.25) is 0 Å². The highest BCUT2D eigenvalue weighted by Gasteiger charge is 2.41. The summed E-state index contributed by atoms with van der Waals surface area (Å²) < 4.78 is 0. The number of halogens is 1. The maximum absolute atomic E-state index is 3.81. The Hall–Kier alpha value is 0.440. The van der Waals surface area contributed by atoms with Crippen LogP contribution in [0.25, 0.3) is 0 Å². The van der Waals surface area contributed by atoms with Crippen LogP contribution in [0.3, 0.4) is 0 Å². The molecule has 18 heavy (non-hydrogen) atoms. The van der Waals surface area contributed by atoms with Gasteiger partial charge in [0.15, 0.2) is 0 Å². The fraction of sp³-hybridized carbons (Fsp3) is 1.00. The van der Waals surface area contributed by atoms with E-state index in [-0.39, 0.29) is 0 Å². The predicted octanol–water partition coefficient (Wildman–Crippen LogP) is 4.74. The van der Waals surface area contributed by atoms with E-state index in [1.54, 1.807) is 0 Å². The Balaban J connectivity index is 1.96. The molecule has 2 heteroatoms. The summed E-state index contributed by atoms with van der Waals surface area (Å²) in [6.45, 7) is 9.52. The first-order valence-electron chi connectivity index (χ1n) is 7.67. The molecule has 0 aromatic heterocycles. The minimum absolute atomic E-state index is 0.318. The Morgan fingerprint density at radius 3 is 1.83 bits per heavy atom. The van der Waals surface area contributed by atoms with E-state index in [1.165, 1.54) is 43.9 Å². The van der Waals surface area contributed by atoms with Crippen LogP contribution >= 0.6 is 15.9 Å². The molecule has 1 nitrogen and oxygen atoms in total. The number of nitrogens with one attached hydrogen (secondary N) is 1. The van der Waals surface area contributed by atoms with E-state index >= 15 is 0 Å². The van der Waals surface area contributed by atoms with Crippen molar-refractivity contribution < 1.29 is 0 Å². The summed E-state index contributed by atoms with van der Waals surface area (Å²) >= 11 is 3.65. The second-order valence-electron chi connectivity index (χ2n) is 8.00. The highest BCUT2D eigenvalue weighted by molar-refractivity contribution is 9.09. The number of hydrogen-bond acceptors (Lipinski definition) is 1. The van der Waals surface area contributed by atoms with E-state index in [0.29, 0.717) is 11.1 Å². The Morgan fingerprint density at radius 1 is 0.889 bits per heavy atom. The van der Waals surface area contributed by atoms with Crippen molar-refractivity contribution in [3.63, 3.8) is 0 Å². The fourth-order valence-electron chi connectivity index (χ4n) is 4.55. The van der Waals surface area contributed by atoms with Gasteiger partial charge in [-0.2, -0.15) is 0 Å². The molecule has 1 heterocycles. The van der Waals surface area contributed by atoms with Crippen molar-refractivity contribution in [2.75, 3.05) is 5.33 Å². The van der Waals surface area contributed by atoms with Gasteiger partial charge in [-0.15, -0.1) is 0 Å². The number of hydrogen-bond donors (Lipinski definition) is 1. The van der Waals surface area contributed by atoms with E-state index in [2.05, 4.69) is 48.9 Å². The van der Waals surface area contributed by atoms with Gasteiger partial charge in [0.2, 0.25) is 0 Å². The molecule has 0 aromatic carbocycles. The van der Waals surface area contributed by atoms with Crippen molar-refractivity contribution >= 4 is 15.9 Å². The molecule has 0 spiro atoms. The molecular weight excluding hydrogens is 286 g/mol. The quantitative estimate of drug-likeness (QED) is 0.725. The average Bonchev–Trinajstić information content (AvgIpc) is 2.25. The molecule has 0 atom stereocenters. The first kappa shape index (κ1) is 14.8. The molecule has 2 aliphatic rings. The standard InChI is InChI=1S/C16H30BrN/c1-15(2)9-14(10-16(3,4)18-15)13-7-5-12(11-17)6-8-13/h12-14,18H,5-11H2,1-4H3. The summed E-state index contributed by atoms with van der Waals surface area (Å²) in [5.74, 6) is 2.87. The summed E-state index contributed by atoms with van der Waals surface area (Å²) in [4.78, 5) is 0. The van der Waals surface area contributed by atoms with E-state index in [1.807, 2.05) is 0 Å².